The van der Waals surface area contributed by atoms with Crippen LogP contribution in [0.15, 0.2) is 56.9 Å². The van der Waals surface area contributed by atoms with Crippen LogP contribution in [-0.4, -0.2) is 22.8 Å². The van der Waals surface area contributed by atoms with Gasteiger partial charge in [0.15, 0.2) is 10.9 Å². The number of rotatable bonds is 6. The van der Waals surface area contributed by atoms with Gasteiger partial charge in [0.05, 0.1) is 12.0 Å². The summed E-state index contributed by atoms with van der Waals surface area (Å²) in [5.41, 5.74) is 1.73. The Morgan fingerprint density at radius 1 is 1.22 bits per heavy atom. The molecule has 0 bridgehead atoms. The van der Waals surface area contributed by atoms with Crippen LogP contribution in [0.2, 0.25) is 0 Å². The van der Waals surface area contributed by atoms with E-state index < -0.39 is 11.9 Å². The van der Waals surface area contributed by atoms with E-state index in [0.29, 0.717) is 5.13 Å². The molecule has 8 heteroatoms. The van der Waals surface area contributed by atoms with Crippen LogP contribution in [0.1, 0.15) is 24.4 Å². The summed E-state index contributed by atoms with van der Waals surface area (Å²) in [6.07, 6.45) is 1.42. The second-order valence-electron chi connectivity index (χ2n) is 6.21. The maximum absolute atomic E-state index is 12.7. The number of nitrogens with one attached hydrogen (secondary N) is 2. The molecule has 0 aliphatic heterocycles. The Kier molecular flexibility index (Phi) is 6.08. The smallest absolute Gasteiger partial charge is 0.287 e. The Labute approximate surface area is 169 Å². The maximum atomic E-state index is 12.7. The van der Waals surface area contributed by atoms with Crippen LogP contribution >= 0.6 is 27.3 Å². The van der Waals surface area contributed by atoms with E-state index in [9.17, 15) is 9.59 Å². The molecule has 0 saturated carbocycles. The van der Waals surface area contributed by atoms with Crippen molar-refractivity contribution in [1.29, 1.82) is 0 Å². The van der Waals surface area contributed by atoms with Crippen molar-refractivity contribution in [3.8, 4) is 11.3 Å². The van der Waals surface area contributed by atoms with Crippen LogP contribution in [-0.2, 0) is 4.79 Å². The Balaban J connectivity index is 1.70. The highest BCUT2D eigenvalue weighted by molar-refractivity contribution is 9.10. The number of thiazole rings is 1. The predicted molar refractivity (Wildman–Crippen MR) is 109 cm³/mol. The van der Waals surface area contributed by atoms with E-state index in [1.54, 1.807) is 12.1 Å². The zero-order chi connectivity index (χ0) is 19.4. The SMILES string of the molecule is CC(C)C(NC(=O)c1ccco1)C(=O)Nc1nc(-c2cccc(Br)c2)cs1. The quantitative estimate of drug-likeness (QED) is 0.579. The fraction of sp³-hybridized carbons (Fsp3) is 0.211. The lowest BCUT2D eigenvalue weighted by Crippen LogP contribution is -2.47. The molecule has 3 rings (SSSR count). The van der Waals surface area contributed by atoms with Gasteiger partial charge >= 0.3 is 0 Å². The van der Waals surface area contributed by atoms with Gasteiger partial charge in [-0.3, -0.25) is 9.59 Å². The van der Waals surface area contributed by atoms with Crippen molar-refractivity contribution in [2.24, 2.45) is 5.92 Å². The van der Waals surface area contributed by atoms with Gasteiger partial charge in [-0.25, -0.2) is 4.98 Å². The summed E-state index contributed by atoms with van der Waals surface area (Å²) in [5, 5.41) is 7.86. The zero-order valence-corrected chi connectivity index (χ0v) is 17.1. The lowest BCUT2D eigenvalue weighted by Gasteiger charge is -2.20. The van der Waals surface area contributed by atoms with Crippen LogP contribution < -0.4 is 10.6 Å². The molecular formula is C19H18BrN3O3S. The molecule has 0 fully saturated rings. The normalized spacial score (nSPS) is 12.0. The van der Waals surface area contributed by atoms with Crippen molar-refractivity contribution in [2.75, 3.05) is 5.32 Å². The molecule has 1 unspecified atom stereocenters. The van der Waals surface area contributed by atoms with Crippen LogP contribution in [0.3, 0.4) is 0 Å². The molecule has 3 aromatic rings. The summed E-state index contributed by atoms with van der Waals surface area (Å²) >= 11 is 4.77. The predicted octanol–water partition coefficient (Wildman–Crippen LogP) is 4.56. The van der Waals surface area contributed by atoms with Gasteiger partial charge in [0.25, 0.3) is 5.91 Å². The third kappa shape index (κ3) is 4.84. The number of nitrogens with zero attached hydrogens (tertiary/aromatic N) is 1. The van der Waals surface area contributed by atoms with E-state index in [0.717, 1.165) is 15.7 Å². The number of benzene rings is 1. The third-order valence-corrected chi connectivity index (χ3v) is 5.09. The largest absolute Gasteiger partial charge is 0.459 e. The molecule has 0 radical (unpaired) electrons. The highest BCUT2D eigenvalue weighted by Crippen LogP contribution is 2.27. The van der Waals surface area contributed by atoms with E-state index in [4.69, 9.17) is 4.42 Å². The van der Waals surface area contributed by atoms with Gasteiger partial charge in [0.2, 0.25) is 5.91 Å². The van der Waals surface area contributed by atoms with Crippen molar-refractivity contribution < 1.29 is 14.0 Å². The van der Waals surface area contributed by atoms with E-state index in [-0.39, 0.29) is 17.6 Å². The minimum Gasteiger partial charge on any atom is -0.459 e. The van der Waals surface area contributed by atoms with Crippen LogP contribution in [0.4, 0.5) is 5.13 Å². The van der Waals surface area contributed by atoms with Gasteiger partial charge in [0.1, 0.15) is 6.04 Å². The molecule has 2 aromatic heterocycles. The van der Waals surface area contributed by atoms with Crippen LogP contribution in [0.5, 0.6) is 0 Å². The molecule has 0 aliphatic rings. The monoisotopic (exact) mass is 447 g/mol. The Bertz CT molecular complexity index is 937. The number of halogens is 1. The molecule has 0 aliphatic carbocycles. The van der Waals surface area contributed by atoms with Gasteiger partial charge in [-0.15, -0.1) is 11.3 Å². The van der Waals surface area contributed by atoms with E-state index >= 15 is 0 Å². The Morgan fingerprint density at radius 2 is 2.04 bits per heavy atom. The van der Waals surface area contributed by atoms with Crippen molar-refractivity contribution >= 4 is 44.2 Å². The summed E-state index contributed by atoms with van der Waals surface area (Å²) in [6.45, 7) is 3.73. The van der Waals surface area contributed by atoms with Crippen LogP contribution in [0, 0.1) is 5.92 Å². The number of aromatic nitrogens is 1. The molecule has 1 aromatic carbocycles. The average Bonchev–Trinajstić information content (AvgIpc) is 3.31. The molecule has 140 valence electrons. The molecule has 2 N–H and O–H groups in total. The summed E-state index contributed by atoms with van der Waals surface area (Å²) < 4.78 is 6.04. The third-order valence-electron chi connectivity index (χ3n) is 3.84. The number of carbonyl (C=O) groups is 2. The van der Waals surface area contributed by atoms with Gasteiger partial charge in [-0.1, -0.05) is 41.9 Å². The minimum atomic E-state index is -0.708. The first kappa shape index (κ1) is 19.3. The van der Waals surface area contributed by atoms with E-state index in [2.05, 4.69) is 31.5 Å². The maximum Gasteiger partial charge on any atom is 0.287 e. The van der Waals surface area contributed by atoms with Crippen molar-refractivity contribution in [2.45, 2.75) is 19.9 Å². The van der Waals surface area contributed by atoms with Crippen molar-refractivity contribution in [3.63, 3.8) is 0 Å². The number of hydrogen-bond acceptors (Lipinski definition) is 5. The molecule has 2 heterocycles. The van der Waals surface area contributed by atoms with Gasteiger partial charge < -0.3 is 15.1 Å². The molecule has 27 heavy (non-hydrogen) atoms. The number of anilines is 1. The first-order valence-corrected chi connectivity index (χ1v) is 9.98. The Morgan fingerprint density at radius 3 is 2.70 bits per heavy atom. The van der Waals surface area contributed by atoms with Gasteiger partial charge in [-0.05, 0) is 30.2 Å². The summed E-state index contributed by atoms with van der Waals surface area (Å²) in [4.78, 5) is 29.3. The average molecular weight is 448 g/mol. The lowest BCUT2D eigenvalue weighted by atomic mass is 10.0. The first-order chi connectivity index (χ1) is 12.9. The fourth-order valence-corrected chi connectivity index (χ4v) is 3.57. The first-order valence-electron chi connectivity index (χ1n) is 8.30. The highest BCUT2D eigenvalue weighted by Gasteiger charge is 2.26. The second kappa shape index (κ2) is 8.49. The van der Waals surface area contributed by atoms with E-state index in [1.807, 2.05) is 43.5 Å². The number of amides is 2. The second-order valence-corrected chi connectivity index (χ2v) is 7.98. The fourth-order valence-electron chi connectivity index (χ4n) is 2.45. The number of furan rings is 1. The number of carbonyl (C=O) groups excluding carboxylic acids is 2. The summed E-state index contributed by atoms with van der Waals surface area (Å²) in [5.74, 6) is -0.684. The molecular weight excluding hydrogens is 430 g/mol. The molecule has 1 atom stereocenters. The highest BCUT2D eigenvalue weighted by atomic mass is 79.9. The molecule has 6 nitrogen and oxygen atoms in total. The standard InChI is InChI=1S/C19H18BrN3O3S/c1-11(2)16(22-17(24)15-7-4-8-26-15)18(25)23-19-21-14(10-27-19)12-5-3-6-13(20)9-12/h3-11,16H,1-2H3,(H,22,24)(H,21,23,25). The number of hydrogen-bond donors (Lipinski definition) is 2. The lowest BCUT2D eigenvalue weighted by molar-refractivity contribution is -0.118. The topological polar surface area (TPSA) is 84.2 Å². The van der Waals surface area contributed by atoms with Gasteiger partial charge in [-0.2, -0.15) is 0 Å². The molecule has 0 spiro atoms. The zero-order valence-electron chi connectivity index (χ0n) is 14.7. The summed E-state index contributed by atoms with van der Waals surface area (Å²) in [6, 6.07) is 10.2. The van der Waals surface area contributed by atoms with Crippen molar-refractivity contribution in [3.05, 3.63) is 58.3 Å². The Hall–Kier alpha value is -2.45. The summed E-state index contributed by atoms with van der Waals surface area (Å²) in [7, 11) is 0. The van der Waals surface area contributed by atoms with Crippen molar-refractivity contribution in [1.82, 2.24) is 10.3 Å². The minimum absolute atomic E-state index is 0.103. The molecule has 0 saturated heterocycles. The van der Waals surface area contributed by atoms with Crippen LogP contribution in [0.25, 0.3) is 11.3 Å². The van der Waals surface area contributed by atoms with E-state index in [1.165, 1.54) is 17.6 Å². The van der Waals surface area contributed by atoms with Gasteiger partial charge in [0, 0.05) is 15.4 Å². The molecule has 2 amide bonds.